The molecule has 0 aromatic heterocycles. The zero-order chi connectivity index (χ0) is 38.1. The van der Waals surface area contributed by atoms with E-state index in [1.54, 1.807) is 0 Å². The molecule has 4 heterocycles. The molecule has 6 rings (SSSR count). The lowest BCUT2D eigenvalue weighted by Gasteiger charge is -2.48. The Kier molecular flexibility index (Phi) is 9.25. The Morgan fingerprint density at radius 1 is 0.615 bits per heavy atom. The molecule has 0 spiro atoms. The SMILES string of the molecule is CC1(C)CC(N2C(=O)c3ccc(C(=O)OCC(O)COC(=O)c4ccc5c(c4)C(=O)N(C4CC(C)(C)NC(C)(C)C4)C5=O)cc3C2=O)CC(C)(C)N1. The Hall–Kier alpha value is -4.46. The van der Waals surface area contributed by atoms with Gasteiger partial charge in [-0.1, -0.05) is 0 Å². The molecule has 0 radical (unpaired) electrons. The van der Waals surface area contributed by atoms with Gasteiger partial charge in [0.25, 0.3) is 23.6 Å². The molecule has 2 fully saturated rings. The van der Waals surface area contributed by atoms with E-state index in [2.05, 4.69) is 10.6 Å². The molecule has 0 saturated carbocycles. The Morgan fingerprint density at radius 2 is 0.923 bits per heavy atom. The van der Waals surface area contributed by atoms with Crippen molar-refractivity contribution in [1.29, 1.82) is 0 Å². The second-order valence-electron chi connectivity index (χ2n) is 17.2. The summed E-state index contributed by atoms with van der Waals surface area (Å²) in [6, 6.07) is 7.68. The number of rotatable bonds is 8. The zero-order valence-electron chi connectivity index (χ0n) is 31.0. The number of piperidine rings is 2. The summed E-state index contributed by atoms with van der Waals surface area (Å²) in [7, 11) is 0. The number of benzene rings is 2. The van der Waals surface area contributed by atoms with Crippen LogP contribution in [0.3, 0.4) is 0 Å². The number of amides is 4. The molecule has 0 aliphatic carbocycles. The maximum Gasteiger partial charge on any atom is 0.338 e. The van der Waals surface area contributed by atoms with Crippen LogP contribution in [0.5, 0.6) is 0 Å². The standard InChI is InChI=1S/C39H48N4O9/c1-36(2)15-23(16-37(3,4)40-36)42-30(45)26-11-9-21(13-28(26)32(42)47)34(49)51-19-25(44)20-52-35(50)22-10-12-27-29(14-22)33(48)43(31(27)46)24-17-38(5,6)41-39(7,8)18-24/h9-14,23-25,40-41,44H,15-20H2,1-8H3. The second kappa shape index (κ2) is 12.9. The van der Waals surface area contributed by atoms with Crippen molar-refractivity contribution in [3.63, 3.8) is 0 Å². The predicted molar refractivity (Wildman–Crippen MR) is 189 cm³/mol. The summed E-state index contributed by atoms with van der Waals surface area (Å²) >= 11 is 0. The number of aliphatic hydroxyl groups excluding tert-OH is 1. The molecule has 13 nitrogen and oxygen atoms in total. The van der Waals surface area contributed by atoms with E-state index in [4.69, 9.17) is 9.47 Å². The Balaban J connectivity index is 1.03. The number of hydrogen-bond acceptors (Lipinski definition) is 11. The fourth-order valence-electron chi connectivity index (χ4n) is 8.90. The molecule has 2 aromatic carbocycles. The van der Waals surface area contributed by atoms with Crippen LogP contribution in [-0.2, 0) is 9.47 Å². The lowest BCUT2D eigenvalue weighted by Crippen LogP contribution is -2.62. The van der Waals surface area contributed by atoms with E-state index >= 15 is 0 Å². The van der Waals surface area contributed by atoms with E-state index in [1.807, 2.05) is 55.4 Å². The van der Waals surface area contributed by atoms with E-state index in [-0.39, 0.29) is 67.6 Å². The van der Waals surface area contributed by atoms with Crippen molar-refractivity contribution in [3.05, 3.63) is 69.8 Å². The lowest BCUT2D eigenvalue weighted by atomic mass is 9.79. The van der Waals surface area contributed by atoms with E-state index in [0.717, 1.165) is 0 Å². The first-order valence-corrected chi connectivity index (χ1v) is 17.7. The summed E-state index contributed by atoms with van der Waals surface area (Å²) in [6.07, 6.45) is 0.943. The van der Waals surface area contributed by atoms with Gasteiger partial charge in [0.05, 0.1) is 33.4 Å². The number of fused-ring (bicyclic) bond motifs is 2. The quantitative estimate of drug-likeness (QED) is 0.268. The second-order valence-corrected chi connectivity index (χ2v) is 17.2. The Bertz CT molecular complexity index is 1710. The van der Waals surface area contributed by atoms with Crippen molar-refractivity contribution < 1.29 is 43.3 Å². The fraction of sp³-hybridized carbons (Fsp3) is 0.538. The number of esters is 2. The van der Waals surface area contributed by atoms with E-state index in [0.29, 0.717) is 25.7 Å². The van der Waals surface area contributed by atoms with Crippen molar-refractivity contribution >= 4 is 35.6 Å². The highest BCUT2D eigenvalue weighted by molar-refractivity contribution is 6.23. The molecule has 0 bridgehead atoms. The topological polar surface area (TPSA) is 172 Å². The van der Waals surface area contributed by atoms with Gasteiger partial charge in [-0.05, 0) is 117 Å². The van der Waals surface area contributed by atoms with Crippen LogP contribution in [0.15, 0.2) is 36.4 Å². The van der Waals surface area contributed by atoms with Crippen molar-refractivity contribution in [1.82, 2.24) is 20.4 Å². The number of carbonyl (C=O) groups is 6. The van der Waals surface area contributed by atoms with Crippen molar-refractivity contribution in [2.75, 3.05) is 13.2 Å². The largest absolute Gasteiger partial charge is 0.459 e. The normalized spacial score (nSPS) is 22.1. The molecule has 3 N–H and O–H groups in total. The number of imide groups is 2. The lowest BCUT2D eigenvalue weighted by molar-refractivity contribution is -0.00473. The molecule has 278 valence electrons. The summed E-state index contributed by atoms with van der Waals surface area (Å²) < 4.78 is 10.5. The van der Waals surface area contributed by atoms with Gasteiger partial charge >= 0.3 is 11.9 Å². The summed E-state index contributed by atoms with van der Waals surface area (Å²) in [5, 5.41) is 17.6. The van der Waals surface area contributed by atoms with Gasteiger partial charge < -0.3 is 25.2 Å². The highest BCUT2D eigenvalue weighted by atomic mass is 16.6. The minimum Gasteiger partial charge on any atom is -0.459 e. The molecule has 52 heavy (non-hydrogen) atoms. The third-order valence-corrected chi connectivity index (χ3v) is 10.2. The molecular formula is C39H48N4O9. The molecular weight excluding hydrogens is 668 g/mol. The first-order chi connectivity index (χ1) is 24.1. The van der Waals surface area contributed by atoms with E-state index < -0.39 is 54.9 Å². The third-order valence-electron chi connectivity index (χ3n) is 10.2. The Morgan fingerprint density at radius 3 is 1.25 bits per heavy atom. The number of carbonyl (C=O) groups excluding carboxylic acids is 6. The zero-order valence-corrected chi connectivity index (χ0v) is 31.0. The van der Waals surface area contributed by atoms with Gasteiger partial charge in [-0.15, -0.1) is 0 Å². The number of nitrogens with one attached hydrogen (secondary N) is 2. The summed E-state index contributed by atoms with van der Waals surface area (Å²) in [6.45, 7) is 15.2. The van der Waals surface area contributed by atoms with Crippen LogP contribution in [0, 0.1) is 0 Å². The minimum atomic E-state index is -1.38. The van der Waals surface area contributed by atoms with Crippen LogP contribution in [0.1, 0.15) is 143 Å². The van der Waals surface area contributed by atoms with Crippen LogP contribution in [0.2, 0.25) is 0 Å². The number of hydrogen-bond donors (Lipinski definition) is 3. The number of ether oxygens (including phenoxy) is 2. The number of nitrogens with zero attached hydrogens (tertiary/aromatic N) is 2. The van der Waals surface area contributed by atoms with Gasteiger partial charge in [0.1, 0.15) is 19.3 Å². The van der Waals surface area contributed by atoms with Crippen molar-refractivity contribution in [3.8, 4) is 0 Å². The monoisotopic (exact) mass is 716 g/mol. The first kappa shape index (κ1) is 37.3. The Labute approximate surface area is 303 Å². The maximum atomic E-state index is 13.5. The third kappa shape index (κ3) is 7.26. The van der Waals surface area contributed by atoms with E-state index in [9.17, 15) is 33.9 Å². The molecule has 13 heteroatoms. The summed E-state index contributed by atoms with van der Waals surface area (Å²) in [5.41, 5.74) is -0.465. The van der Waals surface area contributed by atoms with Crippen LogP contribution < -0.4 is 10.6 Å². The van der Waals surface area contributed by atoms with Gasteiger partial charge in [0.2, 0.25) is 0 Å². The first-order valence-electron chi connectivity index (χ1n) is 17.7. The van der Waals surface area contributed by atoms with Gasteiger partial charge in [0, 0.05) is 34.2 Å². The van der Waals surface area contributed by atoms with Gasteiger partial charge in [0.15, 0.2) is 0 Å². The molecule has 0 atom stereocenters. The molecule has 0 unspecified atom stereocenters. The maximum absolute atomic E-state index is 13.5. The molecule has 4 amide bonds. The minimum absolute atomic E-state index is 0.0277. The highest BCUT2D eigenvalue weighted by Crippen LogP contribution is 2.38. The number of aliphatic hydroxyl groups is 1. The summed E-state index contributed by atoms with van der Waals surface area (Å²) in [4.78, 5) is 82.0. The molecule has 4 aliphatic heterocycles. The van der Waals surface area contributed by atoms with Crippen molar-refractivity contribution in [2.24, 2.45) is 0 Å². The van der Waals surface area contributed by atoms with Crippen LogP contribution in [-0.4, -0.2) is 104 Å². The predicted octanol–water partition coefficient (Wildman–Crippen LogP) is 3.87. The van der Waals surface area contributed by atoms with Gasteiger partial charge in [-0.25, -0.2) is 9.59 Å². The fourth-order valence-corrected chi connectivity index (χ4v) is 8.90. The van der Waals surface area contributed by atoms with Gasteiger partial charge in [-0.2, -0.15) is 0 Å². The van der Waals surface area contributed by atoms with Crippen molar-refractivity contribution in [2.45, 2.75) is 121 Å². The van der Waals surface area contributed by atoms with Crippen LogP contribution >= 0.6 is 0 Å². The molecule has 2 saturated heterocycles. The molecule has 2 aromatic rings. The average Bonchev–Trinajstić information content (AvgIpc) is 3.42. The van der Waals surface area contributed by atoms with Crippen LogP contribution in [0.4, 0.5) is 0 Å². The highest BCUT2D eigenvalue weighted by Gasteiger charge is 2.48. The average molecular weight is 717 g/mol. The smallest absolute Gasteiger partial charge is 0.338 e. The van der Waals surface area contributed by atoms with E-state index in [1.165, 1.54) is 46.2 Å². The van der Waals surface area contributed by atoms with Crippen LogP contribution in [0.25, 0.3) is 0 Å². The van der Waals surface area contributed by atoms with Gasteiger partial charge in [-0.3, -0.25) is 29.0 Å². The molecule has 4 aliphatic rings. The summed E-state index contributed by atoms with van der Waals surface area (Å²) in [5.74, 6) is -3.40.